The number of nitrogens with two attached hydrogens (primary N) is 1. The Labute approximate surface area is 189 Å². The van der Waals surface area contributed by atoms with Gasteiger partial charge in [0.1, 0.15) is 5.75 Å². The molecule has 3 aromatic rings. The molecular formula is C25H26N2O4S. The predicted molar refractivity (Wildman–Crippen MR) is 126 cm³/mol. The van der Waals surface area contributed by atoms with Gasteiger partial charge in [0.15, 0.2) is 6.79 Å². The van der Waals surface area contributed by atoms with Crippen LogP contribution in [-0.4, -0.2) is 35.4 Å². The second-order valence-electron chi connectivity index (χ2n) is 7.07. The van der Waals surface area contributed by atoms with Gasteiger partial charge in [-0.25, -0.2) is 13.6 Å². The highest BCUT2D eigenvalue weighted by molar-refractivity contribution is 7.89. The van der Waals surface area contributed by atoms with Crippen molar-refractivity contribution in [3.05, 3.63) is 83.9 Å². The summed E-state index contributed by atoms with van der Waals surface area (Å²) in [4.78, 5) is 0.124. The minimum atomic E-state index is -3.65. The lowest BCUT2D eigenvalue weighted by Gasteiger charge is -2.06. The van der Waals surface area contributed by atoms with Crippen LogP contribution < -0.4 is 15.2 Å². The van der Waals surface area contributed by atoms with Crippen LogP contribution in [0, 0.1) is 11.8 Å². The summed E-state index contributed by atoms with van der Waals surface area (Å²) in [6, 6.07) is 22.6. The number of hydrogen-bond donors (Lipinski definition) is 2. The predicted octanol–water partition coefficient (Wildman–Crippen LogP) is 3.17. The lowest BCUT2D eigenvalue weighted by Crippen LogP contribution is -2.17. The second kappa shape index (κ2) is 11.5. The van der Waals surface area contributed by atoms with Gasteiger partial charge in [0.2, 0.25) is 10.0 Å². The first-order valence-corrected chi connectivity index (χ1v) is 11.6. The SMILES string of the molecule is COCOc1ccc(-c2ccc(C#CCNCCc3ccc(S(N)(=O)=O)cc3)cc2)cc1. The molecule has 0 aromatic heterocycles. The Kier molecular flexibility index (Phi) is 8.42. The summed E-state index contributed by atoms with van der Waals surface area (Å²) in [7, 11) is -2.05. The normalized spacial score (nSPS) is 10.9. The summed E-state index contributed by atoms with van der Waals surface area (Å²) in [6.45, 7) is 1.54. The third kappa shape index (κ3) is 7.22. The van der Waals surface area contributed by atoms with Gasteiger partial charge in [0.25, 0.3) is 0 Å². The summed E-state index contributed by atoms with van der Waals surface area (Å²) >= 11 is 0. The van der Waals surface area contributed by atoms with E-state index in [1.807, 2.05) is 48.5 Å². The van der Waals surface area contributed by atoms with Crippen LogP contribution in [0.5, 0.6) is 5.75 Å². The molecule has 0 fully saturated rings. The van der Waals surface area contributed by atoms with E-state index >= 15 is 0 Å². The molecule has 0 atom stereocenters. The van der Waals surface area contributed by atoms with E-state index in [1.54, 1.807) is 19.2 Å². The molecular weight excluding hydrogens is 424 g/mol. The largest absolute Gasteiger partial charge is 0.468 e. The number of benzene rings is 3. The zero-order chi connectivity index (χ0) is 22.8. The van der Waals surface area contributed by atoms with Crippen LogP contribution in [0.4, 0.5) is 0 Å². The number of methoxy groups -OCH3 is 1. The third-order valence-electron chi connectivity index (χ3n) is 4.70. The van der Waals surface area contributed by atoms with Gasteiger partial charge in [-0.2, -0.15) is 0 Å². The molecule has 0 saturated carbocycles. The van der Waals surface area contributed by atoms with Crippen LogP contribution >= 0.6 is 0 Å². The van der Waals surface area contributed by atoms with Crippen molar-refractivity contribution in [1.82, 2.24) is 5.32 Å². The topological polar surface area (TPSA) is 90.7 Å². The van der Waals surface area contributed by atoms with Gasteiger partial charge in [-0.1, -0.05) is 48.2 Å². The van der Waals surface area contributed by atoms with Gasteiger partial charge < -0.3 is 14.8 Å². The van der Waals surface area contributed by atoms with Crippen molar-refractivity contribution in [3.8, 4) is 28.7 Å². The Morgan fingerprint density at radius 3 is 2.12 bits per heavy atom. The van der Waals surface area contributed by atoms with Gasteiger partial charge in [0.05, 0.1) is 11.4 Å². The van der Waals surface area contributed by atoms with Gasteiger partial charge in [0, 0.05) is 19.2 Å². The molecule has 0 amide bonds. The summed E-state index contributed by atoms with van der Waals surface area (Å²) in [5.74, 6) is 7.04. The monoisotopic (exact) mass is 450 g/mol. The maximum atomic E-state index is 11.3. The van der Waals surface area contributed by atoms with Gasteiger partial charge >= 0.3 is 0 Å². The number of primary sulfonamides is 1. The number of ether oxygens (including phenoxy) is 2. The lowest BCUT2D eigenvalue weighted by atomic mass is 10.0. The first kappa shape index (κ1) is 23.5. The fourth-order valence-corrected chi connectivity index (χ4v) is 3.51. The molecule has 166 valence electrons. The summed E-state index contributed by atoms with van der Waals surface area (Å²) in [6.07, 6.45) is 0.774. The maximum absolute atomic E-state index is 11.3. The smallest absolute Gasteiger partial charge is 0.238 e. The molecule has 0 unspecified atom stereocenters. The minimum absolute atomic E-state index is 0.124. The van der Waals surface area contributed by atoms with E-state index in [0.717, 1.165) is 41.0 Å². The van der Waals surface area contributed by atoms with Crippen molar-refractivity contribution in [2.45, 2.75) is 11.3 Å². The van der Waals surface area contributed by atoms with Crippen LogP contribution in [0.15, 0.2) is 77.7 Å². The molecule has 3 rings (SSSR count). The van der Waals surface area contributed by atoms with Crippen molar-refractivity contribution in [2.75, 3.05) is 27.0 Å². The molecule has 0 bridgehead atoms. The molecule has 6 nitrogen and oxygen atoms in total. The van der Waals surface area contributed by atoms with Crippen LogP contribution in [-0.2, 0) is 21.2 Å². The van der Waals surface area contributed by atoms with Crippen molar-refractivity contribution in [2.24, 2.45) is 5.14 Å². The zero-order valence-corrected chi connectivity index (χ0v) is 18.7. The Morgan fingerprint density at radius 2 is 1.53 bits per heavy atom. The molecule has 0 aliphatic carbocycles. The van der Waals surface area contributed by atoms with E-state index < -0.39 is 10.0 Å². The van der Waals surface area contributed by atoms with Crippen molar-refractivity contribution >= 4 is 10.0 Å². The standard InChI is InChI=1S/C25H26N2O4S/c1-30-19-31-24-12-10-23(11-13-24)22-8-4-20(5-9-22)3-2-17-27-18-16-21-6-14-25(15-7-21)32(26,28)29/h4-15,27H,16-19H2,1H3,(H2,26,28,29). The van der Waals surface area contributed by atoms with E-state index in [-0.39, 0.29) is 11.7 Å². The molecule has 7 heteroatoms. The second-order valence-corrected chi connectivity index (χ2v) is 8.63. The molecule has 0 aliphatic heterocycles. The first-order valence-electron chi connectivity index (χ1n) is 10.1. The highest BCUT2D eigenvalue weighted by Crippen LogP contribution is 2.22. The van der Waals surface area contributed by atoms with E-state index in [1.165, 1.54) is 12.1 Å². The van der Waals surface area contributed by atoms with Gasteiger partial charge in [-0.15, -0.1) is 0 Å². The highest BCUT2D eigenvalue weighted by atomic mass is 32.2. The van der Waals surface area contributed by atoms with Gasteiger partial charge in [-0.05, 0) is 59.5 Å². The van der Waals surface area contributed by atoms with E-state index in [9.17, 15) is 8.42 Å². The fourth-order valence-electron chi connectivity index (χ4n) is 2.99. The van der Waals surface area contributed by atoms with Crippen LogP contribution in [0.2, 0.25) is 0 Å². The zero-order valence-electron chi connectivity index (χ0n) is 17.9. The van der Waals surface area contributed by atoms with E-state index in [4.69, 9.17) is 14.6 Å². The van der Waals surface area contributed by atoms with Gasteiger partial charge in [-0.3, -0.25) is 0 Å². The number of sulfonamides is 1. The van der Waals surface area contributed by atoms with Crippen LogP contribution in [0.25, 0.3) is 11.1 Å². The first-order chi connectivity index (χ1) is 15.5. The van der Waals surface area contributed by atoms with Crippen molar-refractivity contribution in [3.63, 3.8) is 0 Å². The molecule has 0 spiro atoms. The Bertz CT molecular complexity index is 1160. The van der Waals surface area contributed by atoms with Crippen LogP contribution in [0.1, 0.15) is 11.1 Å². The maximum Gasteiger partial charge on any atom is 0.238 e. The third-order valence-corrected chi connectivity index (χ3v) is 5.63. The fraction of sp³-hybridized carbons (Fsp3) is 0.200. The Morgan fingerprint density at radius 1 is 0.906 bits per heavy atom. The number of rotatable bonds is 9. The summed E-state index contributed by atoms with van der Waals surface area (Å²) < 4.78 is 32.8. The Balaban J connectivity index is 1.44. The molecule has 0 saturated heterocycles. The average molecular weight is 451 g/mol. The van der Waals surface area contributed by atoms with Crippen molar-refractivity contribution < 1.29 is 17.9 Å². The lowest BCUT2D eigenvalue weighted by molar-refractivity contribution is 0.0511. The van der Waals surface area contributed by atoms with E-state index in [0.29, 0.717) is 6.54 Å². The summed E-state index contributed by atoms with van der Waals surface area (Å²) in [5, 5.41) is 8.37. The highest BCUT2D eigenvalue weighted by Gasteiger charge is 2.06. The minimum Gasteiger partial charge on any atom is -0.468 e. The Hall–Kier alpha value is -3.15. The molecule has 32 heavy (non-hydrogen) atoms. The average Bonchev–Trinajstić information content (AvgIpc) is 2.80. The molecule has 0 radical (unpaired) electrons. The quantitative estimate of drug-likeness (QED) is 0.297. The number of nitrogens with one attached hydrogen (secondary N) is 1. The van der Waals surface area contributed by atoms with E-state index in [2.05, 4.69) is 17.2 Å². The molecule has 0 aliphatic rings. The molecule has 0 heterocycles. The summed E-state index contributed by atoms with van der Waals surface area (Å²) in [5.41, 5.74) is 4.20. The molecule has 3 aromatic carbocycles. The van der Waals surface area contributed by atoms with Crippen LogP contribution in [0.3, 0.4) is 0 Å². The van der Waals surface area contributed by atoms with Crippen molar-refractivity contribution in [1.29, 1.82) is 0 Å². The number of hydrogen-bond acceptors (Lipinski definition) is 5. The molecule has 3 N–H and O–H groups in total.